The van der Waals surface area contributed by atoms with E-state index in [0.717, 1.165) is 42.3 Å². The zero-order valence-corrected chi connectivity index (χ0v) is 20.7. The van der Waals surface area contributed by atoms with Crippen LogP contribution in [-0.2, 0) is 11.8 Å². The monoisotopic (exact) mass is 493 g/mol. The first-order chi connectivity index (χ1) is 16.9. The highest BCUT2D eigenvalue weighted by molar-refractivity contribution is 6.38. The molecule has 35 heavy (non-hydrogen) atoms. The molecule has 9 nitrogen and oxygen atoms in total. The number of benzene rings is 2. The van der Waals surface area contributed by atoms with Crippen LogP contribution in [0.2, 0.25) is 5.02 Å². The van der Waals surface area contributed by atoms with Gasteiger partial charge in [-0.15, -0.1) is 5.10 Å². The van der Waals surface area contributed by atoms with Crippen molar-refractivity contribution in [2.24, 2.45) is 7.05 Å². The van der Waals surface area contributed by atoms with Gasteiger partial charge in [-0.1, -0.05) is 23.7 Å². The number of aryl methyl sites for hydroxylation is 1. The van der Waals surface area contributed by atoms with Crippen LogP contribution in [0.1, 0.15) is 49.7 Å². The van der Waals surface area contributed by atoms with Gasteiger partial charge in [-0.3, -0.25) is 4.79 Å². The molecule has 3 heterocycles. The predicted molar refractivity (Wildman–Crippen MR) is 136 cm³/mol. The van der Waals surface area contributed by atoms with Crippen LogP contribution < -0.4 is 10.6 Å². The Morgan fingerprint density at radius 2 is 1.97 bits per heavy atom. The number of hydrogen-bond acceptors (Lipinski definition) is 6. The summed E-state index contributed by atoms with van der Waals surface area (Å²) in [5, 5.41) is 16.7. The van der Waals surface area contributed by atoms with Crippen LogP contribution in [0.4, 0.5) is 11.6 Å². The average Bonchev–Trinajstić information content (AvgIpc) is 3.45. The summed E-state index contributed by atoms with van der Waals surface area (Å²) in [6, 6.07) is 11.2. The number of amides is 1. The third-order valence-corrected chi connectivity index (χ3v) is 6.39. The molecule has 10 heteroatoms. The third kappa shape index (κ3) is 4.74. The number of nitrogens with one attached hydrogen (secondary N) is 2. The zero-order chi connectivity index (χ0) is 24.5. The second-order valence-electron chi connectivity index (χ2n) is 8.98. The molecule has 0 spiro atoms. The highest BCUT2D eigenvalue weighted by Crippen LogP contribution is 2.35. The summed E-state index contributed by atoms with van der Waals surface area (Å²) < 4.78 is 9.47. The van der Waals surface area contributed by atoms with Gasteiger partial charge >= 0.3 is 0 Å². The van der Waals surface area contributed by atoms with Crippen LogP contribution in [0.3, 0.4) is 0 Å². The standard InChI is InChI=1S/C25H28ClN7O2/c1-15(2)28-24(34)17-9-7-16(8-10-17)23-30-25(32(3)31-23)29-19-11-12-20-18(22(19)26)14-27-33(20)21-6-4-5-13-35-21/h7-12,14-15,21H,4-6,13H2,1-3H3,(H,28,34)(H,29,30,31). The van der Waals surface area contributed by atoms with Crippen molar-refractivity contribution in [3.63, 3.8) is 0 Å². The minimum atomic E-state index is -0.105. The molecule has 5 rings (SSSR count). The molecule has 1 saturated heterocycles. The van der Waals surface area contributed by atoms with Crippen LogP contribution in [0, 0.1) is 0 Å². The van der Waals surface area contributed by atoms with E-state index in [0.29, 0.717) is 28.0 Å². The van der Waals surface area contributed by atoms with Gasteiger partial charge in [0, 0.05) is 36.2 Å². The van der Waals surface area contributed by atoms with Gasteiger partial charge in [0.2, 0.25) is 5.95 Å². The summed E-state index contributed by atoms with van der Waals surface area (Å²) in [7, 11) is 1.81. The molecular formula is C25H28ClN7O2. The fourth-order valence-electron chi connectivity index (χ4n) is 4.18. The summed E-state index contributed by atoms with van der Waals surface area (Å²) >= 11 is 6.75. The maximum atomic E-state index is 12.2. The Hall–Kier alpha value is -3.43. The van der Waals surface area contributed by atoms with E-state index in [2.05, 4.69) is 25.8 Å². The van der Waals surface area contributed by atoms with Gasteiger partial charge in [-0.2, -0.15) is 10.1 Å². The lowest BCUT2D eigenvalue weighted by atomic mass is 10.1. The minimum absolute atomic E-state index is 0.0553. The van der Waals surface area contributed by atoms with Crippen molar-refractivity contribution >= 4 is 40.0 Å². The molecule has 1 fully saturated rings. The number of halogens is 1. The van der Waals surface area contributed by atoms with Crippen molar-refractivity contribution in [2.75, 3.05) is 11.9 Å². The summed E-state index contributed by atoms with van der Waals surface area (Å²) in [4.78, 5) is 16.8. The molecular weight excluding hydrogens is 466 g/mol. The highest BCUT2D eigenvalue weighted by atomic mass is 35.5. The Morgan fingerprint density at radius 3 is 2.69 bits per heavy atom. The second kappa shape index (κ2) is 9.67. The van der Waals surface area contributed by atoms with Gasteiger partial charge < -0.3 is 15.4 Å². The minimum Gasteiger partial charge on any atom is -0.356 e. The molecule has 1 aliphatic heterocycles. The van der Waals surface area contributed by atoms with Crippen LogP contribution in [0.5, 0.6) is 0 Å². The lowest BCUT2D eigenvalue weighted by molar-refractivity contribution is -0.0366. The lowest BCUT2D eigenvalue weighted by Crippen LogP contribution is -2.29. The van der Waals surface area contributed by atoms with E-state index >= 15 is 0 Å². The molecule has 0 bridgehead atoms. The van der Waals surface area contributed by atoms with Crippen LogP contribution in [-0.4, -0.2) is 43.1 Å². The van der Waals surface area contributed by atoms with Crippen LogP contribution in [0.15, 0.2) is 42.6 Å². The van der Waals surface area contributed by atoms with E-state index in [1.807, 2.05) is 49.8 Å². The van der Waals surface area contributed by atoms with E-state index < -0.39 is 0 Å². The van der Waals surface area contributed by atoms with Crippen molar-refractivity contribution in [1.29, 1.82) is 0 Å². The fourth-order valence-corrected chi connectivity index (χ4v) is 4.44. The number of carbonyl (C=O) groups is 1. The molecule has 0 aliphatic carbocycles. The van der Waals surface area contributed by atoms with Crippen molar-refractivity contribution < 1.29 is 9.53 Å². The molecule has 2 N–H and O–H groups in total. The number of aromatic nitrogens is 5. The highest BCUT2D eigenvalue weighted by Gasteiger charge is 2.20. The van der Waals surface area contributed by atoms with Gasteiger partial charge in [-0.25, -0.2) is 9.36 Å². The van der Waals surface area contributed by atoms with Gasteiger partial charge in [-0.05, 0) is 57.4 Å². The Bertz CT molecular complexity index is 1350. The first kappa shape index (κ1) is 23.3. The van der Waals surface area contributed by atoms with Crippen molar-refractivity contribution in [3.8, 4) is 11.4 Å². The molecule has 2 aromatic heterocycles. The third-order valence-electron chi connectivity index (χ3n) is 5.98. The van der Waals surface area contributed by atoms with Crippen molar-refractivity contribution in [1.82, 2.24) is 29.9 Å². The second-order valence-corrected chi connectivity index (χ2v) is 9.36. The average molecular weight is 494 g/mol. The Kier molecular flexibility index (Phi) is 6.44. The fraction of sp³-hybridized carbons (Fsp3) is 0.360. The summed E-state index contributed by atoms with van der Waals surface area (Å²) in [5.74, 6) is 0.988. The molecule has 2 aromatic carbocycles. The normalized spacial score (nSPS) is 16.1. The first-order valence-corrected chi connectivity index (χ1v) is 12.1. The summed E-state index contributed by atoms with van der Waals surface area (Å²) in [5.41, 5.74) is 3.06. The number of rotatable bonds is 6. The van der Waals surface area contributed by atoms with Gasteiger partial charge in [0.15, 0.2) is 12.1 Å². The molecule has 1 atom stereocenters. The topological polar surface area (TPSA) is 98.9 Å². The van der Waals surface area contributed by atoms with Crippen molar-refractivity contribution in [3.05, 3.63) is 53.2 Å². The Labute approximate surface area is 208 Å². The van der Waals surface area contributed by atoms with Gasteiger partial charge in [0.1, 0.15) is 0 Å². The number of ether oxygens (including phenoxy) is 1. The number of nitrogens with zero attached hydrogens (tertiary/aromatic N) is 5. The number of hydrogen-bond donors (Lipinski definition) is 2. The molecule has 0 radical (unpaired) electrons. The summed E-state index contributed by atoms with van der Waals surface area (Å²) in [6.45, 7) is 4.61. The van der Waals surface area contributed by atoms with E-state index in [1.165, 1.54) is 0 Å². The molecule has 1 unspecified atom stereocenters. The number of carbonyl (C=O) groups excluding carboxylic acids is 1. The largest absolute Gasteiger partial charge is 0.356 e. The van der Waals surface area contributed by atoms with E-state index in [4.69, 9.17) is 16.3 Å². The number of fused-ring (bicyclic) bond motifs is 1. The quantitative estimate of drug-likeness (QED) is 0.389. The van der Waals surface area contributed by atoms with E-state index in [1.54, 1.807) is 23.0 Å². The predicted octanol–water partition coefficient (Wildman–Crippen LogP) is 5.07. The van der Waals surface area contributed by atoms with E-state index in [9.17, 15) is 4.79 Å². The van der Waals surface area contributed by atoms with Gasteiger partial charge in [0.05, 0.1) is 22.4 Å². The summed E-state index contributed by atoms with van der Waals surface area (Å²) in [6.07, 6.45) is 4.88. The maximum absolute atomic E-state index is 12.2. The lowest BCUT2D eigenvalue weighted by Gasteiger charge is -2.23. The molecule has 1 aliphatic rings. The molecule has 0 saturated carbocycles. The Morgan fingerprint density at radius 1 is 1.17 bits per heavy atom. The SMILES string of the molecule is CC(C)NC(=O)c1ccc(-c2nc(Nc3ccc4c(cnn4C4CCCCO4)c3Cl)n(C)n2)cc1. The van der Waals surface area contributed by atoms with E-state index in [-0.39, 0.29) is 18.2 Å². The van der Waals surface area contributed by atoms with Crippen LogP contribution >= 0.6 is 11.6 Å². The van der Waals surface area contributed by atoms with Crippen molar-refractivity contribution in [2.45, 2.75) is 45.4 Å². The molecule has 4 aromatic rings. The smallest absolute Gasteiger partial charge is 0.251 e. The zero-order valence-electron chi connectivity index (χ0n) is 20.0. The number of anilines is 2. The first-order valence-electron chi connectivity index (χ1n) is 11.8. The van der Waals surface area contributed by atoms with Crippen LogP contribution in [0.25, 0.3) is 22.3 Å². The van der Waals surface area contributed by atoms with Gasteiger partial charge in [0.25, 0.3) is 5.91 Å². The molecule has 182 valence electrons. The Balaban J connectivity index is 1.36. The maximum Gasteiger partial charge on any atom is 0.251 e. The molecule has 1 amide bonds.